The molecular formula is C21H16ClFN4O2. The molecule has 8 heteroatoms. The molecule has 0 bridgehead atoms. The van der Waals surface area contributed by atoms with Gasteiger partial charge in [0.15, 0.2) is 0 Å². The predicted octanol–water partition coefficient (Wildman–Crippen LogP) is 3.56. The van der Waals surface area contributed by atoms with Crippen LogP contribution in [0.15, 0.2) is 59.7 Å². The van der Waals surface area contributed by atoms with Crippen molar-refractivity contribution in [2.75, 3.05) is 0 Å². The van der Waals surface area contributed by atoms with E-state index in [1.807, 2.05) is 0 Å². The number of halogens is 2. The number of nitrogens with one attached hydrogen (secondary N) is 3. The maximum Gasteiger partial charge on any atom is 0.251 e. The topological polar surface area (TPSA) is 90.6 Å². The smallest absolute Gasteiger partial charge is 0.251 e. The Labute approximate surface area is 169 Å². The van der Waals surface area contributed by atoms with Crippen LogP contribution in [0.3, 0.4) is 0 Å². The molecule has 1 aromatic carbocycles. The Hall–Kier alpha value is -3.45. The summed E-state index contributed by atoms with van der Waals surface area (Å²) in [5, 5.41) is 3.90. The minimum Gasteiger partial charge on any atom is -0.360 e. The second-order valence-corrected chi connectivity index (χ2v) is 6.97. The van der Waals surface area contributed by atoms with Crippen LogP contribution >= 0.6 is 11.6 Å². The van der Waals surface area contributed by atoms with Crippen LogP contribution in [-0.4, -0.2) is 20.9 Å². The zero-order valence-corrected chi connectivity index (χ0v) is 15.9. The Morgan fingerprint density at radius 3 is 2.90 bits per heavy atom. The molecule has 146 valence electrons. The first-order valence-corrected chi connectivity index (χ1v) is 9.24. The number of amides is 1. The summed E-state index contributed by atoms with van der Waals surface area (Å²) in [6, 6.07) is 11.1. The molecule has 0 aliphatic heterocycles. The van der Waals surface area contributed by atoms with Crippen LogP contribution in [0.25, 0.3) is 10.9 Å². The van der Waals surface area contributed by atoms with E-state index in [0.29, 0.717) is 44.9 Å². The molecule has 0 fully saturated rings. The summed E-state index contributed by atoms with van der Waals surface area (Å²) in [4.78, 5) is 33.8. The number of hydrogen-bond donors (Lipinski definition) is 3. The zero-order chi connectivity index (χ0) is 20.4. The summed E-state index contributed by atoms with van der Waals surface area (Å²) >= 11 is 6.08. The first-order chi connectivity index (χ1) is 14.0. The number of benzene rings is 1. The van der Waals surface area contributed by atoms with Crippen LogP contribution in [0.4, 0.5) is 4.39 Å². The van der Waals surface area contributed by atoms with Crippen LogP contribution in [0.1, 0.15) is 27.3 Å². The number of nitrogens with zero attached hydrogens (tertiary/aromatic N) is 1. The molecular weight excluding hydrogens is 395 g/mol. The van der Waals surface area contributed by atoms with E-state index in [1.165, 1.54) is 18.3 Å². The summed E-state index contributed by atoms with van der Waals surface area (Å²) in [6.07, 6.45) is 3.50. The van der Waals surface area contributed by atoms with Crippen molar-refractivity contribution >= 4 is 28.4 Å². The fourth-order valence-corrected chi connectivity index (χ4v) is 3.29. The molecule has 0 unspecified atom stereocenters. The lowest BCUT2D eigenvalue weighted by Gasteiger charge is -2.08. The van der Waals surface area contributed by atoms with Gasteiger partial charge in [-0.1, -0.05) is 17.7 Å². The highest BCUT2D eigenvalue weighted by Gasteiger charge is 2.12. The lowest BCUT2D eigenvalue weighted by atomic mass is 10.1. The van der Waals surface area contributed by atoms with Crippen molar-refractivity contribution in [2.45, 2.75) is 13.0 Å². The standard InChI is InChI=1S/C21H16ClFN4O2/c22-17-11-25-19-9-18(23)13(7-16(17)19)10-26-21(29)12-4-5-24-15(6-12)8-14-2-1-3-20(28)27-14/h1-7,9,11,25H,8,10H2,(H,26,29)(H,27,28). The summed E-state index contributed by atoms with van der Waals surface area (Å²) < 4.78 is 14.3. The number of aromatic amines is 2. The number of rotatable bonds is 5. The largest absolute Gasteiger partial charge is 0.360 e. The van der Waals surface area contributed by atoms with Gasteiger partial charge in [0.25, 0.3) is 5.91 Å². The monoisotopic (exact) mass is 410 g/mol. The molecule has 3 N–H and O–H groups in total. The zero-order valence-electron chi connectivity index (χ0n) is 15.1. The van der Waals surface area contributed by atoms with E-state index in [1.54, 1.807) is 36.5 Å². The fourth-order valence-electron chi connectivity index (χ4n) is 3.07. The summed E-state index contributed by atoms with van der Waals surface area (Å²) in [7, 11) is 0. The van der Waals surface area contributed by atoms with Crippen molar-refractivity contribution < 1.29 is 9.18 Å². The highest BCUT2D eigenvalue weighted by molar-refractivity contribution is 6.35. The number of fused-ring (bicyclic) bond motifs is 1. The Bertz CT molecular complexity index is 1270. The Kier molecular flexibility index (Phi) is 5.14. The fraction of sp³-hybridized carbons (Fsp3) is 0.0952. The van der Waals surface area contributed by atoms with Gasteiger partial charge in [0.1, 0.15) is 5.82 Å². The first-order valence-electron chi connectivity index (χ1n) is 8.86. The van der Waals surface area contributed by atoms with E-state index < -0.39 is 5.82 Å². The SMILES string of the molecule is O=C(NCc1cc2c(Cl)c[nH]c2cc1F)c1ccnc(Cc2cccc(=O)[nH]2)c1. The molecule has 29 heavy (non-hydrogen) atoms. The summed E-state index contributed by atoms with van der Waals surface area (Å²) in [6.45, 7) is 0.0196. The number of pyridine rings is 2. The maximum atomic E-state index is 14.3. The molecule has 0 spiro atoms. The average molecular weight is 411 g/mol. The van der Waals surface area contributed by atoms with Crippen LogP contribution < -0.4 is 10.9 Å². The second-order valence-electron chi connectivity index (χ2n) is 6.56. The number of H-pyrrole nitrogens is 2. The van der Waals surface area contributed by atoms with Gasteiger partial charge in [-0.3, -0.25) is 14.6 Å². The highest BCUT2D eigenvalue weighted by Crippen LogP contribution is 2.25. The van der Waals surface area contributed by atoms with Gasteiger partial charge in [-0.2, -0.15) is 0 Å². The molecule has 0 saturated carbocycles. The molecule has 0 saturated heterocycles. The van der Waals surface area contributed by atoms with Gasteiger partial charge in [0, 0.05) is 64.8 Å². The van der Waals surface area contributed by atoms with E-state index in [9.17, 15) is 14.0 Å². The lowest BCUT2D eigenvalue weighted by Crippen LogP contribution is -2.23. The van der Waals surface area contributed by atoms with Gasteiger partial charge < -0.3 is 15.3 Å². The van der Waals surface area contributed by atoms with Crippen LogP contribution in [0.2, 0.25) is 5.02 Å². The van der Waals surface area contributed by atoms with E-state index >= 15 is 0 Å². The van der Waals surface area contributed by atoms with Crippen molar-refractivity contribution in [2.24, 2.45) is 0 Å². The number of hydrogen-bond acceptors (Lipinski definition) is 3. The van der Waals surface area contributed by atoms with Gasteiger partial charge in [0.2, 0.25) is 5.56 Å². The maximum absolute atomic E-state index is 14.3. The molecule has 0 atom stereocenters. The minimum absolute atomic E-state index is 0.0196. The van der Waals surface area contributed by atoms with E-state index in [-0.39, 0.29) is 18.0 Å². The normalized spacial score (nSPS) is 11.0. The van der Waals surface area contributed by atoms with Crippen molar-refractivity contribution in [1.82, 2.24) is 20.3 Å². The van der Waals surface area contributed by atoms with Gasteiger partial charge >= 0.3 is 0 Å². The Balaban J connectivity index is 1.48. The van der Waals surface area contributed by atoms with Gasteiger partial charge in [-0.25, -0.2) is 4.39 Å². The van der Waals surface area contributed by atoms with E-state index in [0.717, 1.165) is 0 Å². The molecule has 0 radical (unpaired) electrons. The lowest BCUT2D eigenvalue weighted by molar-refractivity contribution is 0.0950. The van der Waals surface area contributed by atoms with E-state index in [4.69, 9.17) is 11.6 Å². The molecule has 6 nitrogen and oxygen atoms in total. The average Bonchev–Trinajstić information content (AvgIpc) is 3.06. The number of carbonyl (C=O) groups excluding carboxylic acids is 1. The first kappa shape index (κ1) is 18.9. The quantitative estimate of drug-likeness (QED) is 0.470. The third kappa shape index (κ3) is 4.20. The van der Waals surface area contributed by atoms with Crippen LogP contribution in [-0.2, 0) is 13.0 Å². The van der Waals surface area contributed by atoms with Crippen molar-refractivity contribution in [3.8, 4) is 0 Å². The van der Waals surface area contributed by atoms with Crippen LogP contribution in [0.5, 0.6) is 0 Å². The molecule has 3 heterocycles. The summed E-state index contributed by atoms with van der Waals surface area (Å²) in [5.41, 5.74) is 2.46. The van der Waals surface area contributed by atoms with Crippen molar-refractivity contribution in [3.05, 3.63) is 98.6 Å². The van der Waals surface area contributed by atoms with E-state index in [2.05, 4.69) is 20.3 Å². The van der Waals surface area contributed by atoms with Gasteiger partial charge in [-0.15, -0.1) is 0 Å². The van der Waals surface area contributed by atoms with Gasteiger partial charge in [0.05, 0.1) is 5.02 Å². The predicted molar refractivity (Wildman–Crippen MR) is 109 cm³/mol. The molecule has 0 aliphatic rings. The number of carbonyl (C=O) groups is 1. The molecule has 3 aromatic heterocycles. The molecule has 4 rings (SSSR count). The highest BCUT2D eigenvalue weighted by atomic mass is 35.5. The number of aromatic nitrogens is 3. The molecule has 0 aliphatic carbocycles. The van der Waals surface area contributed by atoms with Gasteiger partial charge in [-0.05, 0) is 30.3 Å². The van der Waals surface area contributed by atoms with Crippen molar-refractivity contribution in [1.29, 1.82) is 0 Å². The van der Waals surface area contributed by atoms with Crippen LogP contribution in [0, 0.1) is 5.82 Å². The molecule has 4 aromatic rings. The Morgan fingerprint density at radius 2 is 2.07 bits per heavy atom. The third-order valence-corrected chi connectivity index (χ3v) is 4.83. The van der Waals surface area contributed by atoms with Crippen molar-refractivity contribution in [3.63, 3.8) is 0 Å². The second kappa shape index (κ2) is 7.89. The summed E-state index contributed by atoms with van der Waals surface area (Å²) in [5.74, 6) is -0.783. The third-order valence-electron chi connectivity index (χ3n) is 4.52. The molecule has 1 amide bonds. The Morgan fingerprint density at radius 1 is 1.21 bits per heavy atom. The minimum atomic E-state index is -0.431.